The van der Waals surface area contributed by atoms with Crippen molar-refractivity contribution in [3.8, 4) is 22.5 Å². The lowest BCUT2D eigenvalue weighted by atomic mass is 10.0. The average molecular weight is 482 g/mol. The molecular weight excluding hydrogens is 457 g/mol. The molecular formula is C20H25ClFN7O2S. The van der Waals surface area contributed by atoms with E-state index in [1.807, 2.05) is 20.9 Å². The van der Waals surface area contributed by atoms with Crippen LogP contribution >= 0.6 is 11.6 Å². The Bertz CT molecular complexity index is 1210. The molecule has 3 N–H and O–H groups in total. The van der Waals surface area contributed by atoms with Gasteiger partial charge in [-0.1, -0.05) is 11.6 Å². The van der Waals surface area contributed by atoms with Crippen molar-refractivity contribution < 1.29 is 12.8 Å². The van der Waals surface area contributed by atoms with E-state index in [1.54, 1.807) is 23.1 Å². The Kier molecular flexibility index (Phi) is 7.32. The SMILES string of the molecule is CNCCNc1nccc(-c2cn(C(C)C)nc2-c2cc(Cl)cc(NS(C)(=O)=O)c2F)n1. The highest BCUT2D eigenvalue weighted by atomic mass is 35.5. The molecule has 0 amide bonds. The lowest BCUT2D eigenvalue weighted by Crippen LogP contribution is -2.18. The van der Waals surface area contributed by atoms with Gasteiger partial charge in [0, 0.05) is 47.7 Å². The van der Waals surface area contributed by atoms with Crippen LogP contribution < -0.4 is 15.4 Å². The molecule has 0 saturated carbocycles. The summed E-state index contributed by atoms with van der Waals surface area (Å²) in [6.07, 6.45) is 4.31. The molecule has 2 heterocycles. The standard InChI is InChI=1S/C20H25ClFN7O2S/c1-12(2)29-11-15(16-5-6-24-20(26-16)25-8-7-23-3)19(27-29)14-9-13(21)10-17(18(14)22)28-32(4,30)31/h5-6,9-12,23,28H,7-8H2,1-4H3,(H,24,25,26). The summed E-state index contributed by atoms with van der Waals surface area (Å²) in [6.45, 7) is 5.24. The van der Waals surface area contributed by atoms with Gasteiger partial charge in [-0.3, -0.25) is 9.40 Å². The lowest BCUT2D eigenvalue weighted by Gasteiger charge is -2.11. The molecule has 0 spiro atoms. The molecule has 1 aromatic carbocycles. The predicted molar refractivity (Wildman–Crippen MR) is 125 cm³/mol. The van der Waals surface area contributed by atoms with Crippen molar-refractivity contribution in [3.63, 3.8) is 0 Å². The number of hydrogen-bond donors (Lipinski definition) is 3. The Morgan fingerprint density at radius 2 is 1.97 bits per heavy atom. The maximum Gasteiger partial charge on any atom is 0.229 e. The van der Waals surface area contributed by atoms with Crippen LogP contribution in [0.25, 0.3) is 22.5 Å². The zero-order chi connectivity index (χ0) is 23.5. The van der Waals surface area contributed by atoms with Gasteiger partial charge in [0.1, 0.15) is 5.69 Å². The summed E-state index contributed by atoms with van der Waals surface area (Å²) in [7, 11) is -1.87. The molecule has 12 heteroatoms. The Morgan fingerprint density at radius 3 is 2.62 bits per heavy atom. The summed E-state index contributed by atoms with van der Waals surface area (Å²) < 4.78 is 42.6. The van der Waals surface area contributed by atoms with E-state index in [0.29, 0.717) is 23.8 Å². The second-order valence-electron chi connectivity index (χ2n) is 7.45. The van der Waals surface area contributed by atoms with Gasteiger partial charge in [0.05, 0.1) is 17.6 Å². The quantitative estimate of drug-likeness (QED) is 0.401. The normalized spacial score (nSPS) is 11.7. The molecule has 0 aliphatic rings. The second-order valence-corrected chi connectivity index (χ2v) is 9.63. The topological polar surface area (TPSA) is 114 Å². The smallest absolute Gasteiger partial charge is 0.229 e. The predicted octanol–water partition coefficient (Wildman–Crippen LogP) is 3.38. The van der Waals surface area contributed by atoms with E-state index < -0.39 is 15.8 Å². The number of sulfonamides is 1. The zero-order valence-corrected chi connectivity index (χ0v) is 19.7. The number of likely N-dealkylation sites (N-methyl/N-ethyl adjacent to an activating group) is 1. The Labute approximate surface area is 191 Å². The summed E-state index contributed by atoms with van der Waals surface area (Å²) >= 11 is 6.19. The first-order valence-electron chi connectivity index (χ1n) is 9.87. The third-order valence-electron chi connectivity index (χ3n) is 4.44. The van der Waals surface area contributed by atoms with E-state index in [-0.39, 0.29) is 28.0 Å². The Balaban J connectivity index is 2.14. The van der Waals surface area contributed by atoms with E-state index in [0.717, 1.165) is 12.8 Å². The molecule has 0 radical (unpaired) electrons. The number of benzene rings is 1. The number of nitrogens with zero attached hydrogens (tertiary/aromatic N) is 4. The summed E-state index contributed by atoms with van der Waals surface area (Å²) in [5.41, 5.74) is 1.18. The van der Waals surface area contributed by atoms with Gasteiger partial charge in [-0.2, -0.15) is 5.10 Å². The first kappa shape index (κ1) is 23.9. The minimum absolute atomic E-state index is 0.00609. The molecule has 0 atom stereocenters. The summed E-state index contributed by atoms with van der Waals surface area (Å²) in [6, 6.07) is 4.32. The second kappa shape index (κ2) is 9.80. The van der Waals surface area contributed by atoms with Gasteiger partial charge in [-0.15, -0.1) is 0 Å². The van der Waals surface area contributed by atoms with Crippen molar-refractivity contribution in [1.82, 2.24) is 25.1 Å². The first-order valence-corrected chi connectivity index (χ1v) is 12.1. The molecule has 0 unspecified atom stereocenters. The monoisotopic (exact) mass is 481 g/mol. The fourth-order valence-electron chi connectivity index (χ4n) is 2.97. The molecule has 9 nitrogen and oxygen atoms in total. The van der Waals surface area contributed by atoms with E-state index in [9.17, 15) is 8.42 Å². The molecule has 172 valence electrons. The first-order chi connectivity index (χ1) is 15.1. The molecule has 0 aliphatic heterocycles. The Morgan fingerprint density at radius 1 is 1.22 bits per heavy atom. The number of hydrogen-bond acceptors (Lipinski definition) is 7. The molecule has 3 rings (SSSR count). The molecule has 0 fully saturated rings. The fraction of sp³-hybridized carbons (Fsp3) is 0.350. The highest BCUT2D eigenvalue weighted by Gasteiger charge is 2.22. The third-order valence-corrected chi connectivity index (χ3v) is 5.25. The summed E-state index contributed by atoms with van der Waals surface area (Å²) in [4.78, 5) is 8.76. The number of rotatable bonds is 9. The van der Waals surface area contributed by atoms with E-state index in [1.165, 1.54) is 12.1 Å². The highest BCUT2D eigenvalue weighted by molar-refractivity contribution is 7.92. The van der Waals surface area contributed by atoms with E-state index in [2.05, 4.69) is 30.4 Å². The minimum Gasteiger partial charge on any atom is -0.353 e. The maximum atomic E-state index is 15.4. The van der Waals surface area contributed by atoms with Crippen LogP contribution in [0.1, 0.15) is 19.9 Å². The third kappa shape index (κ3) is 5.72. The van der Waals surface area contributed by atoms with Crippen molar-refractivity contribution in [3.05, 3.63) is 41.4 Å². The van der Waals surface area contributed by atoms with Crippen molar-refractivity contribution in [1.29, 1.82) is 0 Å². The number of nitrogens with one attached hydrogen (secondary N) is 3. The maximum absolute atomic E-state index is 15.4. The van der Waals surface area contributed by atoms with Crippen molar-refractivity contribution >= 4 is 33.3 Å². The van der Waals surface area contributed by atoms with Crippen LogP contribution in [-0.4, -0.2) is 54.6 Å². The van der Waals surface area contributed by atoms with Crippen LogP contribution in [0.2, 0.25) is 5.02 Å². The van der Waals surface area contributed by atoms with E-state index >= 15 is 4.39 Å². The molecule has 0 saturated heterocycles. The van der Waals surface area contributed by atoms with Crippen LogP contribution in [-0.2, 0) is 10.0 Å². The van der Waals surface area contributed by atoms with Gasteiger partial charge >= 0.3 is 0 Å². The average Bonchev–Trinajstić information content (AvgIpc) is 3.15. The Hall–Kier alpha value is -2.76. The number of aromatic nitrogens is 4. The number of anilines is 2. The highest BCUT2D eigenvalue weighted by Crippen LogP contribution is 2.37. The number of halogens is 2. The summed E-state index contributed by atoms with van der Waals surface area (Å²) in [5, 5.41) is 10.9. The van der Waals surface area contributed by atoms with E-state index in [4.69, 9.17) is 11.6 Å². The van der Waals surface area contributed by atoms with Crippen molar-refractivity contribution in [2.24, 2.45) is 0 Å². The van der Waals surface area contributed by atoms with Gasteiger partial charge in [-0.05, 0) is 39.1 Å². The minimum atomic E-state index is -3.71. The van der Waals surface area contributed by atoms with Crippen LogP contribution in [0.3, 0.4) is 0 Å². The van der Waals surface area contributed by atoms with Gasteiger partial charge in [0.25, 0.3) is 0 Å². The van der Waals surface area contributed by atoms with Gasteiger partial charge in [0.15, 0.2) is 5.82 Å². The van der Waals surface area contributed by atoms with Gasteiger partial charge in [-0.25, -0.2) is 22.8 Å². The van der Waals surface area contributed by atoms with Gasteiger partial charge in [0.2, 0.25) is 16.0 Å². The molecule has 3 aromatic rings. The molecule has 32 heavy (non-hydrogen) atoms. The van der Waals surface area contributed by atoms with Crippen molar-refractivity contribution in [2.45, 2.75) is 19.9 Å². The zero-order valence-electron chi connectivity index (χ0n) is 18.1. The molecule has 0 aliphatic carbocycles. The lowest BCUT2D eigenvalue weighted by molar-refractivity contribution is 0.533. The van der Waals surface area contributed by atoms with Crippen LogP contribution in [0.4, 0.5) is 16.0 Å². The van der Waals surface area contributed by atoms with Gasteiger partial charge < -0.3 is 10.6 Å². The van der Waals surface area contributed by atoms with Crippen LogP contribution in [0, 0.1) is 5.82 Å². The van der Waals surface area contributed by atoms with Crippen LogP contribution in [0.15, 0.2) is 30.6 Å². The molecule has 2 aromatic heterocycles. The molecule has 0 bridgehead atoms. The van der Waals surface area contributed by atoms with Crippen LogP contribution in [0.5, 0.6) is 0 Å². The van der Waals surface area contributed by atoms with Crippen molar-refractivity contribution in [2.75, 3.05) is 36.4 Å². The largest absolute Gasteiger partial charge is 0.353 e. The fourth-order valence-corrected chi connectivity index (χ4v) is 3.74. The summed E-state index contributed by atoms with van der Waals surface area (Å²) in [5.74, 6) is -0.358.